The normalized spacial score (nSPS) is 16.8. The number of nitriles is 1. The number of nitrogens with one attached hydrogen (secondary N) is 2. The first-order valence-corrected chi connectivity index (χ1v) is 7.57. The first-order valence-electron chi connectivity index (χ1n) is 6.78. The molecule has 1 saturated carbocycles. The third-order valence-corrected chi connectivity index (χ3v) is 3.96. The van der Waals surface area contributed by atoms with Crippen LogP contribution in [0.1, 0.15) is 42.6 Å². The van der Waals surface area contributed by atoms with Crippen LogP contribution >= 0.6 is 15.9 Å². The number of rotatable bonds is 4. The molecule has 112 valence electrons. The van der Waals surface area contributed by atoms with E-state index in [0.717, 1.165) is 23.7 Å². The van der Waals surface area contributed by atoms with Crippen LogP contribution in [0, 0.1) is 11.3 Å². The van der Waals surface area contributed by atoms with Crippen molar-refractivity contribution in [3.05, 3.63) is 22.4 Å². The first-order chi connectivity index (χ1) is 10.0. The van der Waals surface area contributed by atoms with Crippen LogP contribution < -0.4 is 5.32 Å². The van der Waals surface area contributed by atoms with Gasteiger partial charge in [0.15, 0.2) is 6.61 Å². The van der Waals surface area contributed by atoms with E-state index in [0.29, 0.717) is 12.8 Å². The lowest BCUT2D eigenvalue weighted by molar-refractivity contribution is -0.125. The van der Waals surface area contributed by atoms with Crippen molar-refractivity contribution in [2.75, 3.05) is 6.61 Å². The summed E-state index contributed by atoms with van der Waals surface area (Å²) in [5.74, 6) is -1.05. The fraction of sp³-hybridized carbons (Fsp3) is 0.500. The second-order valence-corrected chi connectivity index (χ2v) is 6.03. The van der Waals surface area contributed by atoms with Crippen molar-refractivity contribution in [3.63, 3.8) is 0 Å². The molecule has 0 aromatic carbocycles. The minimum absolute atomic E-state index is 0.266. The Kier molecular flexibility index (Phi) is 5.02. The Morgan fingerprint density at radius 1 is 1.43 bits per heavy atom. The topological polar surface area (TPSA) is 95.0 Å². The number of esters is 1. The molecule has 1 fully saturated rings. The Balaban J connectivity index is 1.84. The molecule has 0 bridgehead atoms. The van der Waals surface area contributed by atoms with Crippen LogP contribution in [0.3, 0.4) is 0 Å². The van der Waals surface area contributed by atoms with Crippen LogP contribution in [-0.4, -0.2) is 29.0 Å². The number of carbonyl (C=O) groups is 2. The molecule has 1 aromatic heterocycles. The molecule has 0 radical (unpaired) electrons. The summed E-state index contributed by atoms with van der Waals surface area (Å²) < 4.78 is 5.65. The molecule has 1 aromatic rings. The Bertz CT molecular complexity index is 570. The third-order valence-electron chi connectivity index (χ3n) is 3.50. The molecule has 1 amide bonds. The molecule has 0 unspecified atom stereocenters. The van der Waals surface area contributed by atoms with Crippen LogP contribution in [0.2, 0.25) is 0 Å². The van der Waals surface area contributed by atoms with Gasteiger partial charge in [0, 0.05) is 10.7 Å². The van der Waals surface area contributed by atoms with E-state index in [9.17, 15) is 14.9 Å². The van der Waals surface area contributed by atoms with Crippen LogP contribution in [0.25, 0.3) is 0 Å². The molecule has 1 heterocycles. The van der Waals surface area contributed by atoms with Gasteiger partial charge in [0.2, 0.25) is 0 Å². The van der Waals surface area contributed by atoms with Gasteiger partial charge < -0.3 is 15.0 Å². The highest BCUT2D eigenvalue weighted by molar-refractivity contribution is 9.10. The molecule has 2 N–H and O–H groups in total. The fourth-order valence-corrected chi connectivity index (χ4v) is 2.76. The smallest absolute Gasteiger partial charge is 0.355 e. The quantitative estimate of drug-likeness (QED) is 0.811. The van der Waals surface area contributed by atoms with Crippen molar-refractivity contribution in [2.24, 2.45) is 0 Å². The Hall–Kier alpha value is -1.81. The standard InChI is InChI=1S/C14H16BrN3O3/c15-10-6-11(17-7-10)13(20)21-8-12(19)18-14(9-16)4-2-1-3-5-14/h6-7,17H,1-5,8H2,(H,18,19). The average molecular weight is 354 g/mol. The van der Waals surface area contributed by atoms with Crippen LogP contribution in [0.4, 0.5) is 0 Å². The number of aromatic amines is 1. The molecular formula is C14H16BrN3O3. The molecule has 21 heavy (non-hydrogen) atoms. The number of H-pyrrole nitrogens is 1. The van der Waals surface area contributed by atoms with Crippen molar-refractivity contribution in [2.45, 2.75) is 37.6 Å². The Morgan fingerprint density at radius 3 is 2.71 bits per heavy atom. The summed E-state index contributed by atoms with van der Waals surface area (Å²) in [5.41, 5.74) is -0.542. The number of carbonyl (C=O) groups excluding carboxylic acids is 2. The Morgan fingerprint density at radius 2 is 2.14 bits per heavy atom. The predicted octanol–water partition coefficient (Wildman–Crippen LogP) is 2.28. The summed E-state index contributed by atoms with van der Waals surface area (Å²) in [6.07, 6.45) is 5.81. The van der Waals surface area contributed by atoms with E-state index in [4.69, 9.17) is 4.74 Å². The largest absolute Gasteiger partial charge is 0.451 e. The lowest BCUT2D eigenvalue weighted by Gasteiger charge is -2.31. The highest BCUT2D eigenvalue weighted by Gasteiger charge is 2.33. The second kappa shape index (κ2) is 6.76. The molecule has 1 aliphatic rings. The minimum atomic E-state index is -0.808. The van der Waals surface area contributed by atoms with Crippen molar-refractivity contribution in [1.82, 2.24) is 10.3 Å². The van der Waals surface area contributed by atoms with Gasteiger partial charge in [0.1, 0.15) is 11.2 Å². The number of halogens is 1. The fourth-order valence-electron chi connectivity index (χ4n) is 2.42. The zero-order valence-electron chi connectivity index (χ0n) is 11.4. The monoisotopic (exact) mass is 353 g/mol. The molecule has 2 rings (SSSR count). The van der Waals surface area contributed by atoms with Crippen molar-refractivity contribution in [1.29, 1.82) is 5.26 Å². The van der Waals surface area contributed by atoms with Crippen molar-refractivity contribution in [3.8, 4) is 6.07 Å². The molecule has 0 saturated heterocycles. The summed E-state index contributed by atoms with van der Waals surface area (Å²) in [6.45, 7) is -0.390. The van der Waals surface area contributed by atoms with E-state index in [1.54, 1.807) is 12.3 Å². The number of aromatic nitrogens is 1. The van der Waals surface area contributed by atoms with E-state index >= 15 is 0 Å². The van der Waals surface area contributed by atoms with Gasteiger partial charge in [-0.1, -0.05) is 19.3 Å². The average Bonchev–Trinajstić information content (AvgIpc) is 2.92. The van der Waals surface area contributed by atoms with Crippen LogP contribution in [0.15, 0.2) is 16.7 Å². The van der Waals surface area contributed by atoms with E-state index in [1.165, 1.54) is 0 Å². The van der Waals surface area contributed by atoms with Gasteiger partial charge >= 0.3 is 5.97 Å². The second-order valence-electron chi connectivity index (χ2n) is 5.11. The molecule has 7 heteroatoms. The summed E-state index contributed by atoms with van der Waals surface area (Å²) >= 11 is 3.21. The molecule has 0 spiro atoms. The number of amides is 1. The van der Waals surface area contributed by atoms with Crippen LogP contribution in [0.5, 0.6) is 0 Å². The molecule has 0 atom stereocenters. The van der Waals surface area contributed by atoms with Gasteiger partial charge in [0.25, 0.3) is 5.91 Å². The van der Waals surface area contributed by atoms with E-state index in [-0.39, 0.29) is 12.3 Å². The Labute approximate surface area is 131 Å². The number of hydrogen-bond acceptors (Lipinski definition) is 4. The van der Waals surface area contributed by atoms with Gasteiger partial charge in [-0.05, 0) is 34.8 Å². The maximum absolute atomic E-state index is 11.9. The molecule has 0 aliphatic heterocycles. The van der Waals surface area contributed by atoms with Crippen molar-refractivity contribution >= 4 is 27.8 Å². The van der Waals surface area contributed by atoms with E-state index in [1.807, 2.05) is 0 Å². The van der Waals surface area contributed by atoms with Gasteiger partial charge in [-0.3, -0.25) is 4.79 Å². The first kappa shape index (κ1) is 15.6. The SMILES string of the molecule is N#CC1(NC(=O)COC(=O)c2cc(Br)c[nH]2)CCCCC1. The lowest BCUT2D eigenvalue weighted by Crippen LogP contribution is -2.50. The molecule has 6 nitrogen and oxygen atoms in total. The number of nitrogens with zero attached hydrogens (tertiary/aromatic N) is 1. The molecular weight excluding hydrogens is 338 g/mol. The number of ether oxygens (including phenoxy) is 1. The third kappa shape index (κ3) is 4.08. The molecule has 1 aliphatic carbocycles. The highest BCUT2D eigenvalue weighted by atomic mass is 79.9. The minimum Gasteiger partial charge on any atom is -0.451 e. The summed E-state index contributed by atoms with van der Waals surface area (Å²) in [7, 11) is 0. The predicted molar refractivity (Wildman–Crippen MR) is 78.3 cm³/mol. The maximum Gasteiger partial charge on any atom is 0.355 e. The summed E-state index contributed by atoms with van der Waals surface area (Å²) in [5, 5.41) is 12.0. The zero-order valence-corrected chi connectivity index (χ0v) is 13.0. The lowest BCUT2D eigenvalue weighted by atomic mass is 9.83. The van der Waals surface area contributed by atoms with Crippen LogP contribution in [-0.2, 0) is 9.53 Å². The maximum atomic E-state index is 11.9. The number of hydrogen-bond donors (Lipinski definition) is 2. The van der Waals surface area contributed by atoms with E-state index < -0.39 is 17.4 Å². The summed E-state index contributed by atoms with van der Waals surface area (Å²) in [4.78, 5) is 26.3. The van der Waals surface area contributed by atoms with Crippen molar-refractivity contribution < 1.29 is 14.3 Å². The summed E-state index contributed by atoms with van der Waals surface area (Å²) in [6, 6.07) is 3.75. The highest BCUT2D eigenvalue weighted by Crippen LogP contribution is 2.27. The van der Waals surface area contributed by atoms with Gasteiger partial charge in [-0.2, -0.15) is 5.26 Å². The van der Waals surface area contributed by atoms with E-state index in [2.05, 4.69) is 32.3 Å². The van der Waals surface area contributed by atoms with Gasteiger partial charge in [0.05, 0.1) is 6.07 Å². The van der Waals surface area contributed by atoms with Gasteiger partial charge in [-0.15, -0.1) is 0 Å². The zero-order chi connectivity index (χ0) is 15.3. The van der Waals surface area contributed by atoms with Gasteiger partial charge in [-0.25, -0.2) is 4.79 Å².